The molecule has 1 aromatic heterocycles. The Morgan fingerprint density at radius 2 is 1.90 bits per heavy atom. The summed E-state index contributed by atoms with van der Waals surface area (Å²) in [5.41, 5.74) is 1.95. The molecule has 1 N–H and O–H groups in total. The van der Waals surface area contributed by atoms with Crippen molar-refractivity contribution in [2.45, 2.75) is 38.5 Å². The molecule has 2 aromatic rings. The molecule has 106 valence electrons. The summed E-state index contributed by atoms with van der Waals surface area (Å²) in [6.45, 7) is 1.57. The molecule has 2 nitrogen and oxygen atoms in total. The van der Waals surface area contributed by atoms with E-state index < -0.39 is 11.6 Å². The van der Waals surface area contributed by atoms with E-state index in [9.17, 15) is 8.78 Å². The third-order valence-electron chi connectivity index (χ3n) is 4.22. The maximum atomic E-state index is 14.3. The lowest BCUT2D eigenvalue weighted by molar-refractivity contribution is 0.606. The number of hydrogen-bond donors (Lipinski definition) is 1. The Balaban J connectivity index is 2.28. The van der Waals surface area contributed by atoms with Crippen LogP contribution in [0.1, 0.15) is 42.9 Å². The minimum Gasteiger partial charge on any atom is -0.387 e. The molecule has 0 atom stereocenters. The number of aryl methyl sites for hydroxylation is 1. The van der Waals surface area contributed by atoms with E-state index in [0.29, 0.717) is 17.2 Å². The van der Waals surface area contributed by atoms with Gasteiger partial charge in [0.25, 0.3) is 0 Å². The molecule has 1 heterocycles. The summed E-state index contributed by atoms with van der Waals surface area (Å²) in [5.74, 6) is -0.471. The first-order valence-electron chi connectivity index (χ1n) is 7.09. The minimum atomic E-state index is -0.449. The van der Waals surface area contributed by atoms with Crippen molar-refractivity contribution in [3.63, 3.8) is 0 Å². The fraction of sp³-hybridized carbons (Fsp3) is 0.438. The Labute approximate surface area is 117 Å². The van der Waals surface area contributed by atoms with Gasteiger partial charge in [-0.1, -0.05) is 12.8 Å². The van der Waals surface area contributed by atoms with E-state index in [1.807, 2.05) is 6.07 Å². The Kier molecular flexibility index (Phi) is 3.32. The molecule has 20 heavy (non-hydrogen) atoms. The van der Waals surface area contributed by atoms with Gasteiger partial charge in [-0.15, -0.1) is 0 Å². The van der Waals surface area contributed by atoms with Gasteiger partial charge < -0.3 is 5.32 Å². The average Bonchev–Trinajstić information content (AvgIpc) is 2.97. The number of halogens is 2. The number of nitrogens with one attached hydrogen (secondary N) is 1. The van der Waals surface area contributed by atoms with Crippen LogP contribution in [0.5, 0.6) is 0 Å². The average molecular weight is 276 g/mol. The van der Waals surface area contributed by atoms with Crippen molar-refractivity contribution in [3.05, 3.63) is 35.0 Å². The van der Waals surface area contributed by atoms with Crippen LogP contribution in [0.2, 0.25) is 0 Å². The third-order valence-corrected chi connectivity index (χ3v) is 4.22. The number of nitrogens with zero attached hydrogens (tertiary/aromatic N) is 1. The molecule has 1 saturated carbocycles. The quantitative estimate of drug-likeness (QED) is 0.872. The van der Waals surface area contributed by atoms with Gasteiger partial charge in [-0.25, -0.2) is 13.8 Å². The van der Waals surface area contributed by atoms with Crippen LogP contribution in [-0.2, 0) is 0 Å². The number of fused-ring (bicyclic) bond motifs is 1. The highest BCUT2D eigenvalue weighted by molar-refractivity contribution is 5.93. The lowest BCUT2D eigenvalue weighted by Gasteiger charge is -2.15. The van der Waals surface area contributed by atoms with E-state index in [0.717, 1.165) is 18.5 Å². The fourth-order valence-electron chi connectivity index (χ4n) is 3.11. The van der Waals surface area contributed by atoms with Crippen molar-refractivity contribution in [3.8, 4) is 0 Å². The molecular formula is C16H18F2N2. The fourth-order valence-corrected chi connectivity index (χ4v) is 3.11. The van der Waals surface area contributed by atoms with Crippen molar-refractivity contribution in [2.75, 3.05) is 12.4 Å². The molecule has 0 radical (unpaired) electrons. The van der Waals surface area contributed by atoms with Crippen LogP contribution in [0.3, 0.4) is 0 Å². The zero-order valence-corrected chi connectivity index (χ0v) is 11.8. The Morgan fingerprint density at radius 3 is 2.55 bits per heavy atom. The molecule has 1 aliphatic carbocycles. The molecule has 1 fully saturated rings. The number of hydrogen-bond acceptors (Lipinski definition) is 2. The van der Waals surface area contributed by atoms with Gasteiger partial charge in [0.2, 0.25) is 0 Å². The normalized spacial score (nSPS) is 16.0. The SMILES string of the molecule is CNc1cc(C2CCCC2)nc2c(F)cc(C)c(F)c12. The van der Waals surface area contributed by atoms with E-state index >= 15 is 0 Å². The van der Waals surface area contributed by atoms with Gasteiger partial charge in [-0.2, -0.15) is 0 Å². The van der Waals surface area contributed by atoms with Crippen molar-refractivity contribution >= 4 is 16.6 Å². The Hall–Kier alpha value is -1.71. The molecule has 0 saturated heterocycles. The second-order valence-corrected chi connectivity index (χ2v) is 5.54. The van der Waals surface area contributed by atoms with Gasteiger partial charge >= 0.3 is 0 Å². The van der Waals surface area contributed by atoms with Crippen LogP contribution >= 0.6 is 0 Å². The van der Waals surface area contributed by atoms with Crippen LogP contribution in [0.4, 0.5) is 14.5 Å². The zero-order valence-electron chi connectivity index (χ0n) is 11.8. The van der Waals surface area contributed by atoms with E-state index in [2.05, 4.69) is 10.3 Å². The van der Waals surface area contributed by atoms with Gasteiger partial charge in [0.1, 0.15) is 17.2 Å². The van der Waals surface area contributed by atoms with Crippen LogP contribution in [-0.4, -0.2) is 12.0 Å². The third kappa shape index (κ3) is 2.03. The Morgan fingerprint density at radius 1 is 1.20 bits per heavy atom. The summed E-state index contributed by atoms with van der Waals surface area (Å²) in [7, 11) is 1.73. The van der Waals surface area contributed by atoms with Crippen LogP contribution in [0.15, 0.2) is 12.1 Å². The van der Waals surface area contributed by atoms with Gasteiger partial charge in [0, 0.05) is 24.3 Å². The molecule has 1 aromatic carbocycles. The highest BCUT2D eigenvalue weighted by Gasteiger charge is 2.22. The van der Waals surface area contributed by atoms with Crippen molar-refractivity contribution in [1.82, 2.24) is 4.98 Å². The maximum absolute atomic E-state index is 14.3. The van der Waals surface area contributed by atoms with Crippen molar-refractivity contribution in [2.24, 2.45) is 0 Å². The molecule has 0 amide bonds. The predicted molar refractivity (Wildman–Crippen MR) is 77.2 cm³/mol. The summed E-state index contributed by atoms with van der Waals surface area (Å²) in [4.78, 5) is 4.41. The molecule has 4 heteroatoms. The highest BCUT2D eigenvalue weighted by Crippen LogP contribution is 2.37. The summed E-state index contributed by atoms with van der Waals surface area (Å²) in [6, 6.07) is 3.10. The summed E-state index contributed by atoms with van der Waals surface area (Å²) in [5, 5.41) is 3.24. The van der Waals surface area contributed by atoms with E-state index in [-0.39, 0.29) is 10.9 Å². The van der Waals surface area contributed by atoms with Gasteiger partial charge in [-0.3, -0.25) is 0 Å². The first-order chi connectivity index (χ1) is 9.61. The second kappa shape index (κ2) is 5.00. The topological polar surface area (TPSA) is 24.9 Å². The number of anilines is 1. The monoisotopic (exact) mass is 276 g/mol. The molecular weight excluding hydrogens is 258 g/mol. The van der Waals surface area contributed by atoms with Gasteiger partial charge in [-0.05, 0) is 37.5 Å². The molecule has 0 aliphatic heterocycles. The van der Waals surface area contributed by atoms with Crippen LogP contribution in [0.25, 0.3) is 10.9 Å². The van der Waals surface area contributed by atoms with E-state index in [1.165, 1.54) is 18.9 Å². The largest absolute Gasteiger partial charge is 0.387 e. The molecule has 0 unspecified atom stereocenters. The number of rotatable bonds is 2. The summed E-state index contributed by atoms with van der Waals surface area (Å²) in [6.07, 6.45) is 4.53. The standard InChI is InChI=1S/C16H18F2N2/c1-9-7-11(17)16-14(15(9)18)13(19-2)8-12(20-16)10-5-3-4-6-10/h7-8,10H,3-6H2,1-2H3,(H,19,20). The van der Waals surface area contributed by atoms with Gasteiger partial charge in [0.05, 0.1) is 5.39 Å². The predicted octanol–water partition coefficient (Wildman–Crippen LogP) is 4.52. The maximum Gasteiger partial charge on any atom is 0.149 e. The Bertz CT molecular complexity index is 661. The molecule has 0 bridgehead atoms. The summed E-state index contributed by atoms with van der Waals surface area (Å²) >= 11 is 0. The van der Waals surface area contributed by atoms with E-state index in [1.54, 1.807) is 14.0 Å². The van der Waals surface area contributed by atoms with Crippen LogP contribution < -0.4 is 5.32 Å². The van der Waals surface area contributed by atoms with Gasteiger partial charge in [0.15, 0.2) is 0 Å². The lowest BCUT2D eigenvalue weighted by atomic mass is 10.00. The minimum absolute atomic E-state index is 0.141. The number of pyridine rings is 1. The zero-order chi connectivity index (χ0) is 14.3. The van der Waals surface area contributed by atoms with E-state index in [4.69, 9.17) is 0 Å². The smallest absolute Gasteiger partial charge is 0.149 e. The van der Waals surface area contributed by atoms with Crippen LogP contribution in [0, 0.1) is 18.6 Å². The number of aromatic nitrogens is 1. The first kappa shape index (κ1) is 13.3. The van der Waals surface area contributed by atoms with Crippen molar-refractivity contribution < 1.29 is 8.78 Å². The highest BCUT2D eigenvalue weighted by atomic mass is 19.1. The first-order valence-corrected chi connectivity index (χ1v) is 7.09. The number of benzene rings is 1. The second-order valence-electron chi connectivity index (χ2n) is 5.54. The lowest BCUT2D eigenvalue weighted by Crippen LogP contribution is -2.03. The van der Waals surface area contributed by atoms with Crippen molar-refractivity contribution in [1.29, 1.82) is 0 Å². The molecule has 0 spiro atoms. The molecule has 1 aliphatic rings. The summed E-state index contributed by atoms with van der Waals surface area (Å²) < 4.78 is 28.4. The molecule has 3 rings (SSSR count).